The molecule has 2 fully saturated rings. The fraction of sp³-hybridized carbons (Fsp3) is 0.579. The minimum Gasteiger partial charge on any atom is -0.481 e. The molecule has 0 spiro atoms. The Balaban J connectivity index is 0.00000280. The van der Waals surface area contributed by atoms with Crippen LogP contribution in [0.25, 0.3) is 0 Å². The largest absolute Gasteiger partial charge is 0.481 e. The molecule has 1 aromatic carbocycles. The lowest BCUT2D eigenvalue weighted by atomic mass is 9.97. The number of rotatable bonds is 6. The normalized spacial score (nSPS) is 18.4. The Labute approximate surface area is 167 Å². The maximum atomic E-state index is 12.7. The lowest BCUT2D eigenvalue weighted by Gasteiger charge is -2.32. The number of alkyl halides is 3. The zero-order chi connectivity index (χ0) is 19.6. The van der Waals surface area contributed by atoms with E-state index in [4.69, 9.17) is 5.11 Å². The second-order valence-corrected chi connectivity index (χ2v) is 7.34. The predicted molar refractivity (Wildman–Crippen MR) is 99.1 cm³/mol. The number of likely N-dealkylation sites (tertiary alicyclic amines) is 1. The van der Waals surface area contributed by atoms with Gasteiger partial charge < -0.3 is 10.0 Å². The molecule has 1 saturated heterocycles. The van der Waals surface area contributed by atoms with Gasteiger partial charge in [-0.15, -0.1) is 12.4 Å². The third-order valence-corrected chi connectivity index (χ3v) is 5.24. The summed E-state index contributed by atoms with van der Waals surface area (Å²) in [6.07, 6.45) is -1.48. The molecule has 1 aliphatic carbocycles. The summed E-state index contributed by atoms with van der Waals surface area (Å²) in [5.41, 5.74) is -0.0234. The first kappa shape index (κ1) is 22.5. The Morgan fingerprint density at radius 3 is 2.11 bits per heavy atom. The van der Waals surface area contributed by atoms with Crippen LogP contribution >= 0.6 is 12.4 Å². The molecular formula is C19H24ClF3N2O3. The third-order valence-electron chi connectivity index (χ3n) is 5.24. The average molecular weight is 421 g/mol. The van der Waals surface area contributed by atoms with Gasteiger partial charge in [0.2, 0.25) is 5.91 Å². The van der Waals surface area contributed by atoms with Gasteiger partial charge in [-0.25, -0.2) is 0 Å². The van der Waals surface area contributed by atoms with Gasteiger partial charge in [0.05, 0.1) is 18.0 Å². The summed E-state index contributed by atoms with van der Waals surface area (Å²) in [7, 11) is 0. The van der Waals surface area contributed by atoms with Crippen LogP contribution in [0, 0.1) is 5.92 Å². The van der Waals surface area contributed by atoms with Gasteiger partial charge >= 0.3 is 12.1 Å². The minimum atomic E-state index is -4.37. The van der Waals surface area contributed by atoms with Gasteiger partial charge in [0.1, 0.15) is 0 Å². The van der Waals surface area contributed by atoms with Crippen molar-refractivity contribution in [2.75, 3.05) is 19.6 Å². The topological polar surface area (TPSA) is 60.9 Å². The van der Waals surface area contributed by atoms with Gasteiger partial charge in [-0.2, -0.15) is 13.2 Å². The van der Waals surface area contributed by atoms with Gasteiger partial charge in [0.15, 0.2) is 0 Å². The van der Waals surface area contributed by atoms with Crippen molar-refractivity contribution < 1.29 is 27.9 Å². The zero-order valence-electron chi connectivity index (χ0n) is 15.3. The zero-order valence-corrected chi connectivity index (χ0v) is 16.1. The number of hydrogen-bond donors (Lipinski definition) is 1. The van der Waals surface area contributed by atoms with Gasteiger partial charge in [-0.3, -0.25) is 14.5 Å². The lowest BCUT2D eigenvalue weighted by molar-refractivity contribution is -0.143. The van der Waals surface area contributed by atoms with Crippen molar-refractivity contribution in [1.29, 1.82) is 0 Å². The number of aliphatic carboxylic acids is 1. The summed E-state index contributed by atoms with van der Waals surface area (Å²) in [6.45, 7) is 1.67. The second kappa shape index (κ2) is 9.13. The van der Waals surface area contributed by atoms with E-state index in [9.17, 15) is 22.8 Å². The summed E-state index contributed by atoms with van der Waals surface area (Å²) in [6, 6.07) is 5.08. The monoisotopic (exact) mass is 420 g/mol. The molecule has 3 rings (SSSR count). The van der Waals surface area contributed by atoms with Gasteiger partial charge in [-0.1, -0.05) is 12.1 Å². The molecule has 1 aliphatic heterocycles. The van der Waals surface area contributed by atoms with Crippen LogP contribution in [0.1, 0.15) is 36.8 Å². The van der Waals surface area contributed by atoms with Crippen molar-refractivity contribution in [1.82, 2.24) is 9.80 Å². The van der Waals surface area contributed by atoms with Crippen molar-refractivity contribution in [3.05, 3.63) is 35.4 Å². The van der Waals surface area contributed by atoms with Crippen LogP contribution < -0.4 is 0 Å². The van der Waals surface area contributed by atoms with E-state index in [0.29, 0.717) is 38.0 Å². The highest BCUT2D eigenvalue weighted by molar-refractivity contribution is 5.85. The predicted octanol–water partition coefficient (Wildman–Crippen LogP) is 3.41. The molecule has 1 aromatic rings. The molecule has 2 aliphatic rings. The Bertz CT molecular complexity index is 685. The summed E-state index contributed by atoms with van der Waals surface area (Å²) < 4.78 is 38.0. The lowest BCUT2D eigenvalue weighted by Crippen LogP contribution is -2.44. The summed E-state index contributed by atoms with van der Waals surface area (Å²) in [5, 5.41) is 9.05. The van der Waals surface area contributed by atoms with Gasteiger partial charge in [0.25, 0.3) is 0 Å². The highest BCUT2D eigenvalue weighted by atomic mass is 35.5. The molecule has 1 amide bonds. The maximum absolute atomic E-state index is 12.7. The SMILES string of the molecule is Cl.O=C(O)C1CCN(CC(=O)N(Cc2ccc(C(F)(F)F)cc2)C2CC2)CC1. The summed E-state index contributed by atoms with van der Waals surface area (Å²) >= 11 is 0. The number of carboxylic acid groups (broad SMARTS) is 1. The molecule has 0 atom stereocenters. The van der Waals surface area contributed by atoms with E-state index in [1.165, 1.54) is 12.1 Å². The first-order chi connectivity index (χ1) is 12.7. The number of amides is 1. The minimum absolute atomic E-state index is 0. The Hall–Kier alpha value is -1.80. The third kappa shape index (κ3) is 5.85. The number of carboxylic acids is 1. The highest BCUT2D eigenvalue weighted by Crippen LogP contribution is 2.31. The van der Waals surface area contributed by atoms with E-state index < -0.39 is 17.7 Å². The number of carbonyl (C=O) groups is 2. The van der Waals surface area contributed by atoms with E-state index >= 15 is 0 Å². The first-order valence-corrected chi connectivity index (χ1v) is 9.15. The molecule has 0 unspecified atom stereocenters. The number of benzene rings is 1. The molecule has 5 nitrogen and oxygen atoms in total. The smallest absolute Gasteiger partial charge is 0.416 e. The maximum Gasteiger partial charge on any atom is 0.416 e. The van der Waals surface area contributed by atoms with Crippen molar-refractivity contribution in [3.8, 4) is 0 Å². The number of carbonyl (C=O) groups excluding carboxylic acids is 1. The molecule has 0 aromatic heterocycles. The van der Waals surface area contributed by atoms with E-state index in [0.717, 1.165) is 25.0 Å². The molecule has 1 heterocycles. The van der Waals surface area contributed by atoms with Gasteiger partial charge in [0, 0.05) is 12.6 Å². The summed E-state index contributed by atoms with van der Waals surface area (Å²) in [4.78, 5) is 27.4. The number of hydrogen-bond acceptors (Lipinski definition) is 3. The number of halogens is 4. The number of piperidine rings is 1. The molecular weight excluding hydrogens is 397 g/mol. The standard InChI is InChI=1S/C19H23F3N2O3.ClH/c20-19(21,22)15-3-1-13(2-4-15)11-24(16-5-6-16)17(25)12-23-9-7-14(8-10-23)18(26)27;/h1-4,14,16H,5-12H2,(H,26,27);1H. The van der Waals surface area contributed by atoms with Crippen molar-refractivity contribution >= 4 is 24.3 Å². The van der Waals surface area contributed by atoms with Crippen molar-refractivity contribution in [2.45, 2.75) is 44.4 Å². The number of nitrogens with zero attached hydrogens (tertiary/aromatic N) is 2. The Morgan fingerprint density at radius 2 is 1.64 bits per heavy atom. The van der Waals surface area contributed by atoms with Crippen LogP contribution in [0.2, 0.25) is 0 Å². The fourth-order valence-corrected chi connectivity index (χ4v) is 3.42. The Morgan fingerprint density at radius 1 is 1.07 bits per heavy atom. The molecule has 0 radical (unpaired) electrons. The molecule has 28 heavy (non-hydrogen) atoms. The van der Waals surface area contributed by atoms with Crippen LogP contribution in [-0.2, 0) is 22.3 Å². The van der Waals surface area contributed by atoms with Crippen LogP contribution in [0.4, 0.5) is 13.2 Å². The van der Waals surface area contributed by atoms with E-state index in [1.807, 2.05) is 4.90 Å². The molecule has 156 valence electrons. The van der Waals surface area contributed by atoms with E-state index in [2.05, 4.69) is 0 Å². The first-order valence-electron chi connectivity index (χ1n) is 9.15. The van der Waals surface area contributed by atoms with Crippen LogP contribution in [0.15, 0.2) is 24.3 Å². The van der Waals surface area contributed by atoms with E-state index in [-0.39, 0.29) is 36.8 Å². The molecule has 1 saturated carbocycles. The van der Waals surface area contributed by atoms with Crippen molar-refractivity contribution in [2.24, 2.45) is 5.92 Å². The second-order valence-electron chi connectivity index (χ2n) is 7.34. The van der Waals surface area contributed by atoms with Crippen molar-refractivity contribution in [3.63, 3.8) is 0 Å². The van der Waals surface area contributed by atoms with Crippen LogP contribution in [0.5, 0.6) is 0 Å². The average Bonchev–Trinajstić information content (AvgIpc) is 3.44. The quantitative estimate of drug-likeness (QED) is 0.766. The van der Waals surface area contributed by atoms with Gasteiger partial charge in [-0.05, 0) is 56.5 Å². The Kier molecular flexibility index (Phi) is 7.33. The molecule has 9 heteroatoms. The molecule has 1 N–H and O–H groups in total. The molecule has 0 bridgehead atoms. The fourth-order valence-electron chi connectivity index (χ4n) is 3.42. The van der Waals surface area contributed by atoms with Crippen LogP contribution in [-0.4, -0.2) is 52.5 Å². The summed E-state index contributed by atoms with van der Waals surface area (Å²) in [5.74, 6) is -1.18. The van der Waals surface area contributed by atoms with Crippen LogP contribution in [0.3, 0.4) is 0 Å². The van der Waals surface area contributed by atoms with E-state index in [1.54, 1.807) is 4.90 Å². The highest BCUT2D eigenvalue weighted by Gasteiger charge is 2.34.